The van der Waals surface area contributed by atoms with E-state index in [9.17, 15) is 8.42 Å². The third kappa shape index (κ3) is 3.77. The molecule has 1 fully saturated rings. The SMILES string of the molecule is CC1CCCN(S(=O)(=O)N(C)CCc2ccccn2)C1. The van der Waals surface area contributed by atoms with Gasteiger partial charge in [-0.25, -0.2) is 0 Å². The first-order valence-electron chi connectivity index (χ1n) is 7.11. The number of hydrogen-bond donors (Lipinski definition) is 0. The maximum Gasteiger partial charge on any atom is 0.281 e. The van der Waals surface area contributed by atoms with Gasteiger partial charge in [0.1, 0.15) is 0 Å². The maximum absolute atomic E-state index is 12.5. The van der Waals surface area contributed by atoms with E-state index in [1.165, 1.54) is 4.31 Å². The fourth-order valence-corrected chi connectivity index (χ4v) is 4.01. The quantitative estimate of drug-likeness (QED) is 0.828. The Kier molecular flexibility index (Phi) is 5.12. The molecule has 1 aliphatic heterocycles. The van der Waals surface area contributed by atoms with Crippen molar-refractivity contribution in [1.29, 1.82) is 0 Å². The van der Waals surface area contributed by atoms with Gasteiger partial charge >= 0.3 is 0 Å². The summed E-state index contributed by atoms with van der Waals surface area (Å²) in [5, 5.41) is 0. The number of nitrogens with zero attached hydrogens (tertiary/aromatic N) is 3. The van der Waals surface area contributed by atoms with Gasteiger partial charge in [0.05, 0.1) is 0 Å². The fourth-order valence-electron chi connectivity index (χ4n) is 2.49. The first-order chi connectivity index (χ1) is 9.50. The Labute approximate surface area is 121 Å². The van der Waals surface area contributed by atoms with Gasteiger partial charge in [0.25, 0.3) is 10.2 Å². The molecular weight excluding hydrogens is 274 g/mol. The lowest BCUT2D eigenvalue weighted by Crippen LogP contribution is -2.46. The van der Waals surface area contributed by atoms with Crippen LogP contribution in [0.25, 0.3) is 0 Å². The normalized spacial score (nSPS) is 21.2. The number of piperidine rings is 1. The molecule has 1 atom stereocenters. The van der Waals surface area contributed by atoms with Gasteiger partial charge in [-0.1, -0.05) is 13.0 Å². The van der Waals surface area contributed by atoms with Gasteiger partial charge in [-0.15, -0.1) is 0 Å². The van der Waals surface area contributed by atoms with Crippen molar-refractivity contribution in [2.24, 2.45) is 5.92 Å². The van der Waals surface area contributed by atoms with Gasteiger partial charge in [0, 0.05) is 45.0 Å². The Balaban J connectivity index is 1.95. The van der Waals surface area contributed by atoms with Crippen LogP contribution < -0.4 is 0 Å². The Morgan fingerprint density at radius 2 is 2.25 bits per heavy atom. The highest BCUT2D eigenvalue weighted by Crippen LogP contribution is 2.20. The van der Waals surface area contributed by atoms with E-state index in [0.29, 0.717) is 32.0 Å². The molecule has 0 amide bonds. The van der Waals surface area contributed by atoms with Crippen LogP contribution in [-0.4, -0.2) is 48.7 Å². The standard InChI is InChI=1S/C14H23N3O2S/c1-13-6-5-10-17(12-13)20(18,19)16(2)11-8-14-7-3-4-9-15-14/h3-4,7,9,13H,5-6,8,10-12H2,1-2H3. The minimum absolute atomic E-state index is 0.447. The monoisotopic (exact) mass is 297 g/mol. The van der Waals surface area contributed by atoms with Crippen molar-refractivity contribution in [3.05, 3.63) is 30.1 Å². The summed E-state index contributed by atoms with van der Waals surface area (Å²) < 4.78 is 28.0. The summed E-state index contributed by atoms with van der Waals surface area (Å²) in [5.41, 5.74) is 0.918. The van der Waals surface area contributed by atoms with Crippen molar-refractivity contribution >= 4 is 10.2 Å². The lowest BCUT2D eigenvalue weighted by Gasteiger charge is -2.33. The largest absolute Gasteiger partial charge is 0.281 e. The van der Waals surface area contributed by atoms with Gasteiger partial charge < -0.3 is 0 Å². The first kappa shape index (κ1) is 15.4. The van der Waals surface area contributed by atoms with Crippen LogP contribution >= 0.6 is 0 Å². The summed E-state index contributed by atoms with van der Waals surface area (Å²) >= 11 is 0. The second-order valence-corrected chi connectivity index (χ2v) is 7.54. The zero-order valence-corrected chi connectivity index (χ0v) is 13.0. The summed E-state index contributed by atoms with van der Waals surface area (Å²) in [5.74, 6) is 0.447. The third-order valence-electron chi connectivity index (χ3n) is 3.75. The van der Waals surface area contributed by atoms with Gasteiger partial charge in [-0.3, -0.25) is 4.98 Å². The Hall–Kier alpha value is -0.980. The van der Waals surface area contributed by atoms with Crippen LogP contribution in [0.3, 0.4) is 0 Å². The van der Waals surface area contributed by atoms with Crippen molar-refractivity contribution in [3.63, 3.8) is 0 Å². The highest BCUT2D eigenvalue weighted by Gasteiger charge is 2.30. The highest BCUT2D eigenvalue weighted by atomic mass is 32.2. The van der Waals surface area contributed by atoms with Crippen molar-refractivity contribution in [1.82, 2.24) is 13.6 Å². The second kappa shape index (κ2) is 6.65. The molecule has 1 aromatic heterocycles. The molecule has 0 bridgehead atoms. The molecule has 112 valence electrons. The van der Waals surface area contributed by atoms with Gasteiger partial charge in [-0.2, -0.15) is 17.0 Å². The molecule has 5 nitrogen and oxygen atoms in total. The van der Waals surface area contributed by atoms with E-state index in [1.54, 1.807) is 17.5 Å². The number of aromatic nitrogens is 1. The average molecular weight is 297 g/mol. The molecule has 2 rings (SSSR count). The minimum Gasteiger partial charge on any atom is -0.261 e. The zero-order valence-electron chi connectivity index (χ0n) is 12.2. The smallest absolute Gasteiger partial charge is 0.261 e. The van der Waals surface area contributed by atoms with E-state index in [0.717, 1.165) is 18.5 Å². The van der Waals surface area contributed by atoms with E-state index in [2.05, 4.69) is 11.9 Å². The Morgan fingerprint density at radius 3 is 2.90 bits per heavy atom. The van der Waals surface area contributed by atoms with E-state index < -0.39 is 10.2 Å². The molecule has 0 saturated carbocycles. The summed E-state index contributed by atoms with van der Waals surface area (Å²) in [6, 6.07) is 5.70. The van der Waals surface area contributed by atoms with Gasteiger partial charge in [0.2, 0.25) is 0 Å². The molecule has 0 N–H and O–H groups in total. The topological polar surface area (TPSA) is 53.5 Å². The van der Waals surface area contributed by atoms with Crippen LogP contribution in [0.2, 0.25) is 0 Å². The van der Waals surface area contributed by atoms with Crippen molar-refractivity contribution < 1.29 is 8.42 Å². The van der Waals surface area contributed by atoms with Gasteiger partial charge in [0.15, 0.2) is 0 Å². The van der Waals surface area contributed by atoms with Crippen LogP contribution in [-0.2, 0) is 16.6 Å². The number of pyridine rings is 1. The second-order valence-electron chi connectivity index (χ2n) is 5.51. The van der Waals surface area contributed by atoms with Crippen molar-refractivity contribution in [3.8, 4) is 0 Å². The lowest BCUT2D eigenvalue weighted by atomic mass is 10.0. The Morgan fingerprint density at radius 1 is 1.45 bits per heavy atom. The predicted octanol–water partition coefficient (Wildman–Crippen LogP) is 1.53. The Bertz CT molecular complexity index is 518. The molecule has 0 spiro atoms. The molecule has 1 saturated heterocycles. The third-order valence-corrected chi connectivity index (χ3v) is 5.70. The van der Waals surface area contributed by atoms with Crippen LogP contribution in [0.4, 0.5) is 0 Å². The van der Waals surface area contributed by atoms with E-state index in [4.69, 9.17) is 0 Å². The maximum atomic E-state index is 12.5. The molecule has 20 heavy (non-hydrogen) atoms. The zero-order chi connectivity index (χ0) is 14.6. The summed E-state index contributed by atoms with van der Waals surface area (Å²) in [6.45, 7) is 3.84. The van der Waals surface area contributed by atoms with Gasteiger partial charge in [-0.05, 0) is 30.9 Å². The molecule has 1 aliphatic rings. The van der Waals surface area contributed by atoms with Crippen LogP contribution in [0, 0.1) is 5.92 Å². The number of rotatable bonds is 5. The fraction of sp³-hybridized carbons (Fsp3) is 0.643. The molecule has 0 aliphatic carbocycles. The molecule has 6 heteroatoms. The molecule has 0 aromatic carbocycles. The predicted molar refractivity (Wildman–Crippen MR) is 79.5 cm³/mol. The summed E-state index contributed by atoms with van der Waals surface area (Å²) in [7, 11) is -1.68. The average Bonchev–Trinajstić information content (AvgIpc) is 2.45. The van der Waals surface area contributed by atoms with Crippen molar-refractivity contribution in [2.45, 2.75) is 26.2 Å². The first-order valence-corrected chi connectivity index (χ1v) is 8.51. The number of likely N-dealkylation sites (N-methyl/N-ethyl adjacent to an activating group) is 1. The lowest BCUT2D eigenvalue weighted by molar-refractivity contribution is 0.264. The minimum atomic E-state index is -3.33. The molecular formula is C14H23N3O2S. The van der Waals surface area contributed by atoms with Crippen LogP contribution in [0.1, 0.15) is 25.5 Å². The molecule has 0 radical (unpaired) electrons. The van der Waals surface area contributed by atoms with E-state index in [1.807, 2.05) is 18.2 Å². The highest BCUT2D eigenvalue weighted by molar-refractivity contribution is 7.86. The molecule has 1 aromatic rings. The van der Waals surface area contributed by atoms with Crippen molar-refractivity contribution in [2.75, 3.05) is 26.7 Å². The molecule has 1 unspecified atom stereocenters. The van der Waals surface area contributed by atoms with E-state index >= 15 is 0 Å². The summed E-state index contributed by atoms with van der Waals surface area (Å²) in [6.07, 6.45) is 4.44. The van der Waals surface area contributed by atoms with Crippen LogP contribution in [0.5, 0.6) is 0 Å². The van der Waals surface area contributed by atoms with E-state index in [-0.39, 0.29) is 0 Å². The van der Waals surface area contributed by atoms with Crippen LogP contribution in [0.15, 0.2) is 24.4 Å². The summed E-state index contributed by atoms with van der Waals surface area (Å²) in [4.78, 5) is 4.22. The molecule has 2 heterocycles. The number of hydrogen-bond acceptors (Lipinski definition) is 3.